The lowest BCUT2D eigenvalue weighted by atomic mass is 10.3. The molecule has 0 saturated heterocycles. The Kier molecular flexibility index (Phi) is 3.57. The number of hydrogen-bond acceptors (Lipinski definition) is 4. The summed E-state index contributed by atoms with van der Waals surface area (Å²) in [5, 5.41) is 5.15. The monoisotopic (exact) mass is 284 g/mol. The van der Waals surface area contributed by atoms with Crippen LogP contribution in [0.25, 0.3) is 0 Å². The fourth-order valence-corrected chi connectivity index (χ4v) is 1.78. The number of ether oxygens (including phenoxy) is 1. The van der Waals surface area contributed by atoms with Crippen molar-refractivity contribution < 1.29 is 18.7 Å². The molecule has 2 aromatic rings. The van der Waals surface area contributed by atoms with Crippen LogP contribution in [0, 0.1) is 0 Å². The summed E-state index contributed by atoms with van der Waals surface area (Å²) in [6.45, 7) is 0. The van der Waals surface area contributed by atoms with E-state index >= 15 is 0 Å². The third kappa shape index (κ3) is 2.60. The van der Waals surface area contributed by atoms with E-state index in [0.29, 0.717) is 16.5 Å². The highest BCUT2D eigenvalue weighted by atomic mass is 35.5. The first-order valence-electron chi connectivity index (χ1n) is 5.25. The van der Waals surface area contributed by atoms with Gasteiger partial charge in [-0.05, 0) is 23.5 Å². The number of hydrogen-bond donors (Lipinski definition) is 2. The van der Waals surface area contributed by atoms with Gasteiger partial charge in [-0.2, -0.15) is 0 Å². The second-order valence-corrected chi connectivity index (χ2v) is 4.10. The number of aromatic amines is 1. The third-order valence-electron chi connectivity index (χ3n) is 2.43. The molecule has 1 heterocycles. The van der Waals surface area contributed by atoms with Gasteiger partial charge in [0.1, 0.15) is 5.75 Å². The highest BCUT2D eigenvalue weighted by molar-refractivity contribution is 6.32. The zero-order chi connectivity index (χ0) is 14.0. The van der Waals surface area contributed by atoms with Gasteiger partial charge >= 0.3 is 17.2 Å². The number of anilines is 1. The molecular weight excluding hydrogens is 274 g/mol. The molecule has 2 N–H and O–H groups in total. The predicted octanol–water partition coefficient (Wildman–Crippen LogP) is 0.707. The number of halogens is 1. The number of methoxy groups -OCH3 is 1. The van der Waals surface area contributed by atoms with E-state index in [-0.39, 0.29) is 5.69 Å². The molecule has 1 amide bonds. The van der Waals surface area contributed by atoms with Crippen molar-refractivity contribution in [2.24, 2.45) is 7.05 Å². The second kappa shape index (κ2) is 5.15. The number of aryl methyl sites for hydroxylation is 1. The Bertz CT molecular complexity index is 677. The molecule has 0 saturated carbocycles. The van der Waals surface area contributed by atoms with Crippen LogP contribution in [-0.4, -0.2) is 18.3 Å². The van der Waals surface area contributed by atoms with Gasteiger partial charge in [0, 0.05) is 5.69 Å². The summed E-state index contributed by atoms with van der Waals surface area (Å²) in [4.78, 5) is 23.2. The van der Waals surface area contributed by atoms with E-state index in [1.165, 1.54) is 24.9 Å². The Hall–Kier alpha value is -2.28. The van der Waals surface area contributed by atoms with E-state index in [9.17, 15) is 9.59 Å². The maximum atomic E-state index is 11.9. The predicted molar refractivity (Wildman–Crippen MR) is 66.5 cm³/mol. The summed E-state index contributed by atoms with van der Waals surface area (Å²) < 4.78 is 10.7. The fraction of sp³-hybridized carbons (Fsp3) is 0.182. The van der Waals surface area contributed by atoms with Crippen LogP contribution in [0.15, 0.2) is 27.5 Å². The van der Waals surface area contributed by atoms with Gasteiger partial charge in [0.2, 0.25) is 0 Å². The van der Waals surface area contributed by atoms with Crippen LogP contribution in [0.4, 0.5) is 5.69 Å². The van der Waals surface area contributed by atoms with Crippen molar-refractivity contribution in [1.29, 1.82) is 0 Å². The largest absolute Gasteiger partial charge is 0.495 e. The smallest absolute Gasteiger partial charge is 0.440 e. The molecular formula is C11H11ClN3O4+. The fourth-order valence-electron chi connectivity index (χ4n) is 1.52. The SMILES string of the molecule is COc1ccc(NC(=O)c2c(=O)o[nH][n+]2C)cc1Cl. The minimum atomic E-state index is -0.750. The lowest BCUT2D eigenvalue weighted by molar-refractivity contribution is -0.741. The van der Waals surface area contributed by atoms with Gasteiger partial charge in [0.25, 0.3) is 0 Å². The topological polar surface area (TPSA) is 88.2 Å². The van der Waals surface area contributed by atoms with Crippen LogP contribution in [0.5, 0.6) is 5.75 Å². The molecule has 0 aliphatic rings. The van der Waals surface area contributed by atoms with Crippen molar-refractivity contribution in [2.75, 3.05) is 12.4 Å². The van der Waals surface area contributed by atoms with Crippen molar-refractivity contribution in [2.45, 2.75) is 0 Å². The molecule has 2 rings (SSSR count). The van der Waals surface area contributed by atoms with Crippen LogP contribution in [0.2, 0.25) is 5.02 Å². The van der Waals surface area contributed by atoms with Crippen LogP contribution < -0.4 is 20.4 Å². The summed E-state index contributed by atoms with van der Waals surface area (Å²) in [6, 6.07) is 4.74. The maximum absolute atomic E-state index is 11.9. The molecule has 0 fully saturated rings. The molecule has 19 heavy (non-hydrogen) atoms. The van der Waals surface area contributed by atoms with Crippen LogP contribution in [0.3, 0.4) is 0 Å². The molecule has 1 aromatic heterocycles. The average Bonchev–Trinajstić information content (AvgIpc) is 2.69. The van der Waals surface area contributed by atoms with Gasteiger partial charge in [-0.3, -0.25) is 9.32 Å². The number of carbonyl (C=O) groups excluding carboxylic acids is 1. The third-order valence-corrected chi connectivity index (χ3v) is 2.72. The number of nitrogens with one attached hydrogen (secondary N) is 2. The summed E-state index contributed by atoms with van der Waals surface area (Å²) in [5.74, 6) is -0.106. The minimum Gasteiger partial charge on any atom is -0.495 e. The van der Waals surface area contributed by atoms with E-state index in [0.717, 1.165) is 0 Å². The zero-order valence-electron chi connectivity index (χ0n) is 10.2. The van der Waals surface area contributed by atoms with E-state index in [1.54, 1.807) is 12.1 Å². The molecule has 0 unspecified atom stereocenters. The summed E-state index contributed by atoms with van der Waals surface area (Å²) in [6.07, 6.45) is 0. The van der Waals surface area contributed by atoms with E-state index in [4.69, 9.17) is 16.3 Å². The minimum absolute atomic E-state index is 0.146. The second-order valence-electron chi connectivity index (χ2n) is 3.69. The van der Waals surface area contributed by atoms with Gasteiger partial charge in [-0.1, -0.05) is 16.3 Å². The van der Waals surface area contributed by atoms with Crippen LogP contribution in [0.1, 0.15) is 10.5 Å². The Labute approximate surface area is 112 Å². The summed E-state index contributed by atoms with van der Waals surface area (Å²) in [7, 11) is 2.98. The molecule has 100 valence electrons. The quantitative estimate of drug-likeness (QED) is 0.813. The van der Waals surface area contributed by atoms with Crippen LogP contribution in [-0.2, 0) is 7.05 Å². The van der Waals surface area contributed by atoms with Gasteiger partial charge in [-0.25, -0.2) is 4.79 Å². The maximum Gasteiger partial charge on any atom is 0.440 e. The molecule has 0 bridgehead atoms. The number of nitrogens with zero attached hydrogens (tertiary/aromatic N) is 1. The Morgan fingerprint density at radius 1 is 1.53 bits per heavy atom. The highest BCUT2D eigenvalue weighted by Gasteiger charge is 2.26. The summed E-state index contributed by atoms with van der Waals surface area (Å²) in [5.41, 5.74) is -0.456. The molecule has 1 aromatic carbocycles. The Morgan fingerprint density at radius 2 is 2.26 bits per heavy atom. The molecule has 0 radical (unpaired) electrons. The number of aromatic nitrogens is 2. The first-order chi connectivity index (χ1) is 9.02. The normalized spacial score (nSPS) is 10.3. The van der Waals surface area contributed by atoms with Crippen molar-refractivity contribution in [3.8, 4) is 5.75 Å². The van der Waals surface area contributed by atoms with Crippen molar-refractivity contribution in [1.82, 2.24) is 5.27 Å². The number of H-pyrrole nitrogens is 1. The molecule has 0 spiro atoms. The lowest BCUT2D eigenvalue weighted by Crippen LogP contribution is -2.41. The molecule has 0 aliphatic carbocycles. The van der Waals surface area contributed by atoms with Gasteiger partial charge in [0.15, 0.2) is 7.05 Å². The lowest BCUT2D eigenvalue weighted by Gasteiger charge is -2.05. The Balaban J connectivity index is 2.25. The average molecular weight is 285 g/mol. The van der Waals surface area contributed by atoms with Crippen molar-refractivity contribution >= 4 is 23.2 Å². The standard InChI is InChI=1S/C11H10ClN3O4/c1-15-9(11(17)19-14-15)10(16)13-6-3-4-8(18-2)7(12)5-6/h3-5H,1-2H3,(H-,13,14,16,17)/p+1. The van der Waals surface area contributed by atoms with Crippen molar-refractivity contribution in [3.05, 3.63) is 39.3 Å². The number of benzene rings is 1. The van der Waals surface area contributed by atoms with Gasteiger partial charge < -0.3 is 10.1 Å². The van der Waals surface area contributed by atoms with Gasteiger partial charge in [-0.15, -0.1) is 0 Å². The molecule has 0 aliphatic heterocycles. The Morgan fingerprint density at radius 3 is 2.79 bits per heavy atom. The number of amides is 1. The number of carbonyl (C=O) groups is 1. The first-order valence-corrected chi connectivity index (χ1v) is 5.63. The van der Waals surface area contributed by atoms with Crippen molar-refractivity contribution in [3.63, 3.8) is 0 Å². The first kappa shape index (κ1) is 13.2. The molecule has 8 heteroatoms. The van der Waals surface area contributed by atoms with Gasteiger partial charge in [0.05, 0.1) is 12.1 Å². The molecule has 0 atom stereocenters. The summed E-state index contributed by atoms with van der Waals surface area (Å²) >= 11 is 5.93. The number of rotatable bonds is 3. The van der Waals surface area contributed by atoms with E-state index < -0.39 is 11.5 Å². The van der Waals surface area contributed by atoms with E-state index in [1.807, 2.05) is 0 Å². The highest BCUT2D eigenvalue weighted by Crippen LogP contribution is 2.27. The zero-order valence-corrected chi connectivity index (χ0v) is 10.9. The molecule has 7 nitrogen and oxygen atoms in total. The van der Waals surface area contributed by atoms with E-state index in [2.05, 4.69) is 15.1 Å². The van der Waals surface area contributed by atoms with Crippen LogP contribution >= 0.6 is 11.6 Å².